The fourth-order valence-corrected chi connectivity index (χ4v) is 4.67. The number of halogens is 1. The van der Waals surface area contributed by atoms with Gasteiger partial charge in [0.05, 0.1) is 0 Å². The van der Waals surface area contributed by atoms with E-state index >= 15 is 0 Å². The number of rotatable bonds is 2. The van der Waals surface area contributed by atoms with Gasteiger partial charge in [0, 0.05) is 31.9 Å². The van der Waals surface area contributed by atoms with Crippen molar-refractivity contribution in [3.05, 3.63) is 29.0 Å². The van der Waals surface area contributed by atoms with Crippen molar-refractivity contribution in [1.82, 2.24) is 9.65 Å². The fourth-order valence-electron chi connectivity index (χ4n) is 3.31. The van der Waals surface area contributed by atoms with Crippen molar-refractivity contribution in [2.24, 2.45) is 0 Å². The second-order valence-electron chi connectivity index (χ2n) is 4.90. The van der Waals surface area contributed by atoms with E-state index in [1.807, 2.05) is 6.07 Å². The molecule has 2 saturated heterocycles. The zero-order valence-electron chi connectivity index (χ0n) is 11.5. The van der Waals surface area contributed by atoms with E-state index in [2.05, 4.69) is 4.98 Å². The molecule has 0 radical (unpaired) electrons. The molecule has 1 aromatic rings. The molecule has 5 nitrogen and oxygen atoms in total. The summed E-state index contributed by atoms with van der Waals surface area (Å²) in [6.45, 7) is 0. The number of aromatic nitrogens is 1. The average Bonchev–Trinajstić information content (AvgIpc) is 2.86. The Morgan fingerprint density at radius 1 is 1.30 bits per heavy atom. The molecule has 1 aromatic heterocycles. The van der Waals surface area contributed by atoms with Gasteiger partial charge in [-0.25, -0.2) is 4.98 Å². The van der Waals surface area contributed by atoms with Crippen LogP contribution in [0.25, 0.3) is 0 Å². The Labute approximate surface area is 167 Å². The zero-order chi connectivity index (χ0) is 12.9. The predicted octanol–water partition coefficient (Wildman–Crippen LogP) is -5.11. The third-order valence-electron chi connectivity index (χ3n) is 3.96. The molecule has 0 saturated carbocycles. The van der Waals surface area contributed by atoms with E-state index in [0.717, 1.165) is 18.4 Å². The fraction of sp³-hybridized carbons (Fsp3) is 0.545. The molecule has 0 aromatic carbocycles. The van der Waals surface area contributed by atoms with E-state index in [-0.39, 0.29) is 77.1 Å². The summed E-state index contributed by atoms with van der Waals surface area (Å²) in [5.41, 5.74) is 0.963. The summed E-state index contributed by atoms with van der Waals surface area (Å²) in [6.07, 6.45) is 3.93. The summed E-state index contributed by atoms with van der Waals surface area (Å²) < 4.78 is 12.5. The molecule has 98 valence electrons. The molecule has 3 unspecified atom stereocenters. The normalized spacial score (nSPS) is 28.9. The van der Waals surface area contributed by atoms with Crippen LogP contribution in [0.4, 0.5) is 0 Å². The summed E-state index contributed by atoms with van der Waals surface area (Å²) in [5, 5.41) is 0.414. The first-order valence-electron chi connectivity index (χ1n) is 5.89. The molecule has 20 heavy (non-hydrogen) atoms. The third-order valence-corrected chi connectivity index (χ3v) is 5.37. The molecular weight excluding hydrogens is 321 g/mol. The van der Waals surface area contributed by atoms with Crippen molar-refractivity contribution in [3.63, 3.8) is 0 Å². The van der Waals surface area contributed by atoms with Gasteiger partial charge < -0.3 is 14.4 Å². The van der Waals surface area contributed by atoms with Crippen LogP contribution in [0.1, 0.15) is 30.7 Å². The molecule has 2 fully saturated rings. The molecular formula is C11H12ClN2Na2O3P. The summed E-state index contributed by atoms with van der Waals surface area (Å²) in [7, 11) is -4.64. The molecule has 0 N–H and O–H groups in total. The van der Waals surface area contributed by atoms with E-state index in [0.29, 0.717) is 11.6 Å². The van der Waals surface area contributed by atoms with Crippen LogP contribution in [0.2, 0.25) is 5.15 Å². The summed E-state index contributed by atoms with van der Waals surface area (Å²) in [5.74, 6) is 0.0738. The van der Waals surface area contributed by atoms with Crippen LogP contribution in [-0.2, 0) is 4.57 Å². The maximum absolute atomic E-state index is 11.3. The number of hydrogen-bond acceptors (Lipinski definition) is 4. The summed E-state index contributed by atoms with van der Waals surface area (Å²) in [6, 6.07) is 3.23. The van der Waals surface area contributed by atoms with Gasteiger partial charge in [0.2, 0.25) is 0 Å². The maximum Gasteiger partial charge on any atom is 1.00 e. The SMILES string of the molecule is O=P([O-])([O-])N1C2CCC1C(c1ccc(Cl)nc1)C2.[Na+].[Na+]. The van der Waals surface area contributed by atoms with E-state index in [9.17, 15) is 14.4 Å². The molecule has 2 bridgehead atoms. The van der Waals surface area contributed by atoms with Gasteiger partial charge in [-0.05, 0) is 30.9 Å². The quantitative estimate of drug-likeness (QED) is 0.307. The van der Waals surface area contributed by atoms with Gasteiger partial charge >= 0.3 is 59.1 Å². The summed E-state index contributed by atoms with van der Waals surface area (Å²) in [4.78, 5) is 26.6. The standard InChI is InChI=1S/C11H14ClN2O3P.2Na/c12-11-4-1-7(6-13-11)9-5-8-2-3-10(9)14(8)18(15,16)17;;/h1,4,6,8-10H,2-3,5H2,(H2,15,16,17);;/q;2*+1/p-2. The van der Waals surface area contributed by atoms with Crippen LogP contribution in [0.3, 0.4) is 0 Å². The van der Waals surface area contributed by atoms with Crippen LogP contribution in [0.5, 0.6) is 0 Å². The van der Waals surface area contributed by atoms with Gasteiger partial charge in [-0.2, -0.15) is 0 Å². The molecule has 0 aliphatic carbocycles. The van der Waals surface area contributed by atoms with Crippen LogP contribution in [-0.4, -0.2) is 21.7 Å². The maximum atomic E-state index is 11.3. The number of pyridine rings is 1. The Morgan fingerprint density at radius 2 is 2.00 bits per heavy atom. The van der Waals surface area contributed by atoms with Crippen LogP contribution in [0.15, 0.2) is 18.3 Å². The van der Waals surface area contributed by atoms with E-state index < -0.39 is 7.75 Å². The van der Waals surface area contributed by atoms with Crippen LogP contribution < -0.4 is 68.9 Å². The van der Waals surface area contributed by atoms with Crippen molar-refractivity contribution in [2.45, 2.75) is 37.3 Å². The molecule has 2 aliphatic heterocycles. The minimum atomic E-state index is -4.64. The third kappa shape index (κ3) is 3.72. The van der Waals surface area contributed by atoms with E-state index in [1.165, 1.54) is 4.67 Å². The Balaban J connectivity index is 0.000001000. The molecule has 0 spiro atoms. The Bertz CT molecular complexity index is 513. The Kier molecular flexibility index (Phi) is 7.26. The van der Waals surface area contributed by atoms with Gasteiger partial charge in [0.25, 0.3) is 0 Å². The van der Waals surface area contributed by atoms with Crippen molar-refractivity contribution < 1.29 is 73.5 Å². The first-order chi connectivity index (χ1) is 8.47. The topological polar surface area (TPSA) is 79.3 Å². The van der Waals surface area contributed by atoms with Crippen molar-refractivity contribution in [3.8, 4) is 0 Å². The second-order valence-corrected chi connectivity index (χ2v) is 6.69. The van der Waals surface area contributed by atoms with Gasteiger partial charge in [0.1, 0.15) is 5.15 Å². The van der Waals surface area contributed by atoms with Gasteiger partial charge in [0.15, 0.2) is 0 Å². The molecule has 3 rings (SSSR count). The van der Waals surface area contributed by atoms with Gasteiger partial charge in [-0.1, -0.05) is 17.7 Å². The molecule has 2 aliphatic rings. The van der Waals surface area contributed by atoms with E-state index in [1.54, 1.807) is 12.3 Å². The molecule has 3 heterocycles. The van der Waals surface area contributed by atoms with Crippen molar-refractivity contribution in [1.29, 1.82) is 0 Å². The minimum Gasteiger partial charge on any atom is -0.799 e. The van der Waals surface area contributed by atoms with Crippen LogP contribution in [0, 0.1) is 0 Å². The van der Waals surface area contributed by atoms with Gasteiger partial charge in [-0.15, -0.1) is 0 Å². The molecule has 0 amide bonds. The van der Waals surface area contributed by atoms with E-state index in [4.69, 9.17) is 11.6 Å². The summed E-state index contributed by atoms with van der Waals surface area (Å²) >= 11 is 5.73. The second kappa shape index (κ2) is 7.41. The zero-order valence-corrected chi connectivity index (χ0v) is 17.2. The van der Waals surface area contributed by atoms with Crippen molar-refractivity contribution in [2.75, 3.05) is 0 Å². The number of hydrogen-bond donors (Lipinski definition) is 0. The van der Waals surface area contributed by atoms with Gasteiger partial charge in [-0.3, -0.25) is 4.67 Å². The smallest absolute Gasteiger partial charge is 0.799 e. The monoisotopic (exact) mass is 332 g/mol. The Hall–Kier alpha value is 1.55. The molecule has 3 atom stereocenters. The number of nitrogens with zero attached hydrogens (tertiary/aromatic N) is 2. The van der Waals surface area contributed by atoms with Crippen LogP contribution >= 0.6 is 19.3 Å². The average molecular weight is 333 g/mol. The number of fused-ring (bicyclic) bond motifs is 2. The first-order valence-corrected chi connectivity index (χ1v) is 7.76. The predicted molar refractivity (Wildman–Crippen MR) is 62.9 cm³/mol. The largest absolute Gasteiger partial charge is 1.00 e. The first kappa shape index (κ1) is 19.6. The minimum absolute atomic E-state index is 0. The van der Waals surface area contributed by atoms with Crippen molar-refractivity contribution >= 4 is 19.3 Å². The molecule has 9 heteroatoms. The Morgan fingerprint density at radius 3 is 2.50 bits per heavy atom.